The van der Waals surface area contributed by atoms with Crippen molar-refractivity contribution in [3.63, 3.8) is 0 Å². The summed E-state index contributed by atoms with van der Waals surface area (Å²) in [5.41, 5.74) is 6.03. The zero-order valence-electron chi connectivity index (χ0n) is 18.6. The number of pyridine rings is 1. The van der Waals surface area contributed by atoms with Crippen LogP contribution in [-0.2, 0) is 17.8 Å². The Kier molecular flexibility index (Phi) is 5.26. The van der Waals surface area contributed by atoms with Gasteiger partial charge in [0, 0.05) is 79.7 Å². The third-order valence-corrected chi connectivity index (χ3v) is 6.04. The summed E-state index contributed by atoms with van der Waals surface area (Å²) < 4.78 is 8.98. The van der Waals surface area contributed by atoms with Crippen molar-refractivity contribution in [1.82, 2.24) is 34.4 Å². The molecule has 0 aliphatic carbocycles. The maximum Gasteiger partial charge on any atom is 0.274 e. The van der Waals surface area contributed by atoms with E-state index in [0.717, 1.165) is 58.4 Å². The van der Waals surface area contributed by atoms with Crippen LogP contribution in [0.2, 0.25) is 0 Å². The van der Waals surface area contributed by atoms with Gasteiger partial charge in [-0.3, -0.25) is 14.2 Å². The summed E-state index contributed by atoms with van der Waals surface area (Å²) in [5, 5.41) is 10.3. The molecule has 5 rings (SSSR count). The molecule has 5 heterocycles. The Morgan fingerprint density at radius 3 is 2.81 bits per heavy atom. The normalized spacial score (nSPS) is 14.6. The lowest BCUT2D eigenvalue weighted by atomic mass is 10.0. The summed E-state index contributed by atoms with van der Waals surface area (Å²) in [6.45, 7) is 4.60. The second kappa shape index (κ2) is 8.23. The summed E-state index contributed by atoms with van der Waals surface area (Å²) in [6.07, 6.45) is 9.62. The average Bonchev–Trinajstić information content (AvgIpc) is 3.50. The van der Waals surface area contributed by atoms with Crippen molar-refractivity contribution in [2.75, 3.05) is 27.3 Å². The maximum absolute atomic E-state index is 13.3. The number of rotatable bonds is 3. The number of amides is 1. The molecule has 4 aromatic rings. The fraction of sp³-hybridized carbons (Fsp3) is 0.391. The molecule has 0 fully saturated rings. The Bertz CT molecular complexity index is 1280. The number of carbonyl (C=O) groups excluding carboxylic acids is 1. The van der Waals surface area contributed by atoms with Gasteiger partial charge in [-0.05, 0) is 25.8 Å². The monoisotopic (exact) mass is 433 g/mol. The van der Waals surface area contributed by atoms with E-state index in [9.17, 15) is 4.79 Å². The van der Waals surface area contributed by atoms with Crippen molar-refractivity contribution in [3.05, 3.63) is 42.2 Å². The van der Waals surface area contributed by atoms with Crippen LogP contribution in [0.5, 0.6) is 0 Å². The van der Waals surface area contributed by atoms with Crippen LogP contribution in [0.4, 0.5) is 0 Å². The van der Waals surface area contributed by atoms with Crippen molar-refractivity contribution in [1.29, 1.82) is 0 Å². The number of hydrogen-bond donors (Lipinski definition) is 1. The highest BCUT2D eigenvalue weighted by atomic mass is 16.5. The predicted molar refractivity (Wildman–Crippen MR) is 121 cm³/mol. The van der Waals surface area contributed by atoms with Gasteiger partial charge in [-0.15, -0.1) is 0 Å². The first-order valence-electron chi connectivity index (χ1n) is 10.9. The van der Waals surface area contributed by atoms with Gasteiger partial charge in [0.15, 0.2) is 5.69 Å². The van der Waals surface area contributed by atoms with E-state index >= 15 is 0 Å². The number of aromatic nitrogens is 6. The van der Waals surface area contributed by atoms with Gasteiger partial charge in [-0.1, -0.05) is 0 Å². The minimum absolute atomic E-state index is 0.0861. The summed E-state index contributed by atoms with van der Waals surface area (Å²) in [4.78, 5) is 23.0. The molecule has 9 nitrogen and oxygen atoms in total. The van der Waals surface area contributed by atoms with E-state index in [-0.39, 0.29) is 5.91 Å². The quantitative estimate of drug-likeness (QED) is 0.536. The molecule has 4 bridgehead atoms. The van der Waals surface area contributed by atoms with E-state index in [1.165, 1.54) is 0 Å². The molecule has 0 aromatic carbocycles. The van der Waals surface area contributed by atoms with Crippen molar-refractivity contribution in [3.8, 4) is 22.3 Å². The van der Waals surface area contributed by atoms with Crippen molar-refractivity contribution < 1.29 is 9.53 Å². The summed E-state index contributed by atoms with van der Waals surface area (Å²) in [5.74, 6) is -0.0861. The Balaban J connectivity index is 1.70. The van der Waals surface area contributed by atoms with E-state index < -0.39 is 0 Å². The number of ether oxygens (including phenoxy) is 1. The van der Waals surface area contributed by atoms with Gasteiger partial charge in [0.25, 0.3) is 5.91 Å². The number of H-pyrrole nitrogens is 1. The lowest BCUT2D eigenvalue weighted by Gasteiger charge is -2.16. The van der Waals surface area contributed by atoms with Crippen LogP contribution < -0.4 is 0 Å². The fourth-order valence-corrected chi connectivity index (χ4v) is 4.27. The van der Waals surface area contributed by atoms with Gasteiger partial charge >= 0.3 is 0 Å². The van der Waals surface area contributed by atoms with E-state index in [2.05, 4.69) is 27.3 Å². The number of hydrogen-bond acceptors (Lipinski definition) is 5. The van der Waals surface area contributed by atoms with Gasteiger partial charge in [0.05, 0.1) is 18.8 Å². The number of fused-ring (bicyclic) bond motifs is 6. The highest BCUT2D eigenvalue weighted by Crippen LogP contribution is 2.33. The third kappa shape index (κ3) is 3.58. The molecule has 0 saturated carbocycles. The van der Waals surface area contributed by atoms with Crippen LogP contribution in [-0.4, -0.2) is 67.6 Å². The third-order valence-electron chi connectivity index (χ3n) is 6.04. The first-order valence-corrected chi connectivity index (χ1v) is 10.9. The molecular formula is C23H27N7O2. The van der Waals surface area contributed by atoms with Crippen LogP contribution in [0.3, 0.4) is 0 Å². The second-order valence-electron chi connectivity index (χ2n) is 8.29. The second-order valence-corrected chi connectivity index (χ2v) is 8.29. The lowest BCUT2D eigenvalue weighted by molar-refractivity contribution is 0.0785. The minimum atomic E-state index is -0.0861. The van der Waals surface area contributed by atoms with E-state index in [1.54, 1.807) is 22.9 Å². The Morgan fingerprint density at radius 2 is 1.97 bits per heavy atom. The molecule has 9 heteroatoms. The zero-order valence-corrected chi connectivity index (χ0v) is 18.6. The smallest absolute Gasteiger partial charge is 0.274 e. The van der Waals surface area contributed by atoms with Crippen LogP contribution in [0.1, 0.15) is 29.0 Å². The summed E-state index contributed by atoms with van der Waals surface area (Å²) in [6, 6.07) is 2.08. The first-order chi connectivity index (χ1) is 15.5. The predicted octanol–water partition coefficient (Wildman–Crippen LogP) is 3.11. The summed E-state index contributed by atoms with van der Waals surface area (Å²) in [7, 11) is 3.49. The molecule has 166 valence electrons. The standard InChI is InChI=1S/C23H27N7O2/c1-15-19-13-29(26-15)7-5-4-6-28(2)23(31)21-20(14-30(27-21)8-9-32-3)16-10-17-18(19)12-25-22(17)24-11-16/h10-14H,4-9H2,1-3H3,(H,24,25). The SMILES string of the molecule is COCCn1cc2c(n1)C(=O)N(C)CCCCn1cc(c(C)n1)-c1c[nH]c3ncc-2cc13. The number of nitrogens with one attached hydrogen (secondary N) is 1. The van der Waals surface area contributed by atoms with Crippen LogP contribution >= 0.6 is 0 Å². The van der Waals surface area contributed by atoms with Gasteiger partial charge in [0.2, 0.25) is 0 Å². The summed E-state index contributed by atoms with van der Waals surface area (Å²) >= 11 is 0. The van der Waals surface area contributed by atoms with Gasteiger partial charge in [-0.25, -0.2) is 4.98 Å². The number of methoxy groups -OCH3 is 1. The van der Waals surface area contributed by atoms with Crippen molar-refractivity contribution >= 4 is 16.9 Å². The zero-order chi connectivity index (χ0) is 22.2. The lowest BCUT2D eigenvalue weighted by Crippen LogP contribution is -2.29. The largest absolute Gasteiger partial charge is 0.383 e. The number of nitrogens with zero attached hydrogens (tertiary/aromatic N) is 6. The Hall–Kier alpha value is -3.46. The molecule has 1 N–H and O–H groups in total. The van der Waals surface area contributed by atoms with Crippen LogP contribution in [0, 0.1) is 6.92 Å². The van der Waals surface area contributed by atoms with Crippen LogP contribution in [0.15, 0.2) is 30.9 Å². The average molecular weight is 434 g/mol. The molecule has 0 radical (unpaired) electrons. The Morgan fingerprint density at radius 1 is 1.12 bits per heavy atom. The molecule has 0 spiro atoms. The molecule has 1 amide bonds. The van der Waals surface area contributed by atoms with E-state index in [0.29, 0.717) is 25.4 Å². The highest BCUT2D eigenvalue weighted by molar-refractivity contribution is 6.01. The molecule has 0 saturated heterocycles. The van der Waals surface area contributed by atoms with Gasteiger partial charge < -0.3 is 14.6 Å². The topological polar surface area (TPSA) is 93.9 Å². The maximum atomic E-state index is 13.3. The van der Waals surface area contributed by atoms with Gasteiger partial charge in [0.1, 0.15) is 5.65 Å². The number of aryl methyl sites for hydroxylation is 2. The van der Waals surface area contributed by atoms with Crippen molar-refractivity contribution in [2.45, 2.75) is 32.9 Å². The molecule has 1 aliphatic rings. The molecular weight excluding hydrogens is 406 g/mol. The minimum Gasteiger partial charge on any atom is -0.383 e. The van der Waals surface area contributed by atoms with Gasteiger partial charge in [-0.2, -0.15) is 10.2 Å². The number of aromatic amines is 1. The highest BCUT2D eigenvalue weighted by Gasteiger charge is 2.23. The molecule has 1 aliphatic heterocycles. The molecule has 32 heavy (non-hydrogen) atoms. The van der Waals surface area contributed by atoms with Crippen LogP contribution in [0.25, 0.3) is 33.3 Å². The first kappa shape index (κ1) is 20.4. The molecule has 0 unspecified atom stereocenters. The number of carbonyl (C=O) groups is 1. The molecule has 4 aromatic heterocycles. The van der Waals surface area contributed by atoms with E-state index in [4.69, 9.17) is 9.84 Å². The molecule has 0 atom stereocenters. The van der Waals surface area contributed by atoms with E-state index in [1.807, 2.05) is 31.0 Å². The Labute approximate surface area is 186 Å². The van der Waals surface area contributed by atoms with Crippen molar-refractivity contribution in [2.24, 2.45) is 0 Å². The fourth-order valence-electron chi connectivity index (χ4n) is 4.27.